The Bertz CT molecular complexity index is 1770. The summed E-state index contributed by atoms with van der Waals surface area (Å²) in [4.78, 5) is 45.2. The van der Waals surface area contributed by atoms with Crippen LogP contribution in [0.3, 0.4) is 0 Å². The molecule has 2 saturated heterocycles. The van der Waals surface area contributed by atoms with Crippen LogP contribution in [0.25, 0.3) is 10.8 Å². The molecule has 0 radical (unpaired) electrons. The van der Waals surface area contributed by atoms with E-state index in [1.54, 1.807) is 39.1 Å². The number of benzene rings is 4. The lowest BCUT2D eigenvalue weighted by molar-refractivity contribution is -0.157. The van der Waals surface area contributed by atoms with Crippen LogP contribution >= 0.6 is 0 Å². The van der Waals surface area contributed by atoms with E-state index >= 15 is 0 Å². The Morgan fingerprint density at radius 3 is 2.51 bits per heavy atom. The van der Waals surface area contributed by atoms with Gasteiger partial charge in [0.1, 0.15) is 23.7 Å². The molecule has 0 spiro atoms. The highest BCUT2D eigenvalue weighted by molar-refractivity contribution is 5.92. The van der Waals surface area contributed by atoms with Crippen molar-refractivity contribution >= 4 is 34.3 Å². The summed E-state index contributed by atoms with van der Waals surface area (Å²) in [5.41, 5.74) is 8.83. The number of hydrazine groups is 1. The largest absolute Gasteiger partial charge is 0.506 e. The van der Waals surface area contributed by atoms with Gasteiger partial charge in [-0.2, -0.15) is 5.01 Å². The van der Waals surface area contributed by atoms with Crippen molar-refractivity contribution in [2.24, 2.45) is 0 Å². The molecule has 6 rings (SSSR count). The Kier molecular flexibility index (Phi) is 9.17. The van der Waals surface area contributed by atoms with Gasteiger partial charge < -0.3 is 30.7 Å². The van der Waals surface area contributed by atoms with Crippen LogP contribution in [0.1, 0.15) is 30.0 Å². The minimum atomic E-state index is -0.823. The summed E-state index contributed by atoms with van der Waals surface area (Å²) in [6.07, 6.45) is 0.318. The third-order valence-corrected chi connectivity index (χ3v) is 8.91. The van der Waals surface area contributed by atoms with E-state index < -0.39 is 12.2 Å². The number of anilines is 1. The number of fused-ring (bicyclic) bond motifs is 2. The monoisotopic (exact) mass is 636 g/mol. The van der Waals surface area contributed by atoms with Crippen molar-refractivity contribution in [1.29, 1.82) is 0 Å². The smallest absolute Gasteiger partial charge is 0.332 e. The first-order chi connectivity index (χ1) is 22.8. The van der Waals surface area contributed by atoms with Crippen LogP contribution in [-0.4, -0.2) is 81.7 Å². The summed E-state index contributed by atoms with van der Waals surface area (Å²) in [7, 11) is 1.60. The molecular weight excluding hydrogens is 596 g/mol. The maximum atomic E-state index is 14.3. The number of methoxy groups -OCH3 is 1. The quantitative estimate of drug-likeness (QED) is 0.177. The second-order valence-corrected chi connectivity index (χ2v) is 12.0. The van der Waals surface area contributed by atoms with Gasteiger partial charge in [0.2, 0.25) is 11.8 Å². The Balaban J connectivity index is 1.30. The van der Waals surface area contributed by atoms with Gasteiger partial charge in [-0.1, -0.05) is 67.6 Å². The highest BCUT2D eigenvalue weighted by Crippen LogP contribution is 2.32. The molecule has 4 amide bonds. The van der Waals surface area contributed by atoms with Crippen molar-refractivity contribution in [3.63, 3.8) is 0 Å². The van der Waals surface area contributed by atoms with Crippen molar-refractivity contribution in [2.45, 2.75) is 45.1 Å². The third-order valence-electron chi connectivity index (χ3n) is 8.91. The molecule has 2 fully saturated rings. The molecule has 4 N–H and O–H groups in total. The SMILES string of the molecule is CCCN(C(=O)NCc1ccc(OC)cc1)N1CC(=O)N2[C@@H](Cc3ccc(O)c(N)c3)C(=O)N(Cc3cccc4ccccc34)C[C@@H]21. The Morgan fingerprint density at radius 1 is 1.02 bits per heavy atom. The number of urea groups is 1. The van der Waals surface area contributed by atoms with Crippen molar-refractivity contribution in [1.82, 2.24) is 25.1 Å². The molecule has 0 unspecified atom stereocenters. The lowest BCUT2D eigenvalue weighted by Gasteiger charge is -2.46. The number of phenolic OH excluding ortho intramolecular Hbond substituents is 1. The minimum Gasteiger partial charge on any atom is -0.506 e. The van der Waals surface area contributed by atoms with Crippen LogP contribution < -0.4 is 15.8 Å². The maximum Gasteiger partial charge on any atom is 0.332 e. The summed E-state index contributed by atoms with van der Waals surface area (Å²) < 4.78 is 5.24. The fourth-order valence-electron chi connectivity index (χ4n) is 6.55. The lowest BCUT2D eigenvalue weighted by Crippen LogP contribution is -2.66. The van der Waals surface area contributed by atoms with Gasteiger partial charge in [-0.3, -0.25) is 14.6 Å². The van der Waals surface area contributed by atoms with Gasteiger partial charge in [-0.25, -0.2) is 4.79 Å². The van der Waals surface area contributed by atoms with Gasteiger partial charge in [0.15, 0.2) is 0 Å². The molecule has 0 bridgehead atoms. The van der Waals surface area contributed by atoms with E-state index in [2.05, 4.69) is 5.32 Å². The topological polar surface area (TPSA) is 132 Å². The second-order valence-electron chi connectivity index (χ2n) is 12.0. The molecular formula is C36H40N6O5. The molecule has 0 aromatic heterocycles. The van der Waals surface area contributed by atoms with Crippen molar-refractivity contribution in [2.75, 3.05) is 32.5 Å². The number of piperazine rings is 1. The number of nitrogens with one attached hydrogen (secondary N) is 1. The first-order valence-corrected chi connectivity index (χ1v) is 15.9. The van der Waals surface area contributed by atoms with Crippen molar-refractivity contribution in [3.05, 3.63) is 102 Å². The van der Waals surface area contributed by atoms with Gasteiger partial charge in [-0.15, -0.1) is 0 Å². The number of hydrogen-bond acceptors (Lipinski definition) is 7. The Hall–Kier alpha value is -5.29. The van der Waals surface area contributed by atoms with Gasteiger partial charge in [0.25, 0.3) is 0 Å². The molecule has 11 nitrogen and oxygen atoms in total. The number of amides is 4. The molecule has 0 aliphatic carbocycles. The zero-order valence-electron chi connectivity index (χ0n) is 26.6. The predicted molar refractivity (Wildman–Crippen MR) is 179 cm³/mol. The van der Waals surface area contributed by atoms with E-state index in [0.29, 0.717) is 26.1 Å². The zero-order chi connectivity index (χ0) is 33.1. The minimum absolute atomic E-state index is 0.0375. The van der Waals surface area contributed by atoms with E-state index in [9.17, 15) is 19.5 Å². The lowest BCUT2D eigenvalue weighted by atomic mass is 9.98. The highest BCUT2D eigenvalue weighted by atomic mass is 16.5. The zero-order valence-corrected chi connectivity index (χ0v) is 26.6. The van der Waals surface area contributed by atoms with Crippen molar-refractivity contribution < 1.29 is 24.2 Å². The standard InChI is InChI=1S/C36H40N6O5/c1-3-17-40(36(46)38-20-24-11-14-28(47-2)15-12-24)41-23-34(44)42-31(19-25-13-16-32(43)30(37)18-25)35(45)39(22-33(41)42)21-27-9-6-8-26-7-4-5-10-29(26)27/h4-16,18,31,33,43H,3,17,19-23,37H2,1-2H3,(H,38,46)/t31-,33+/m0/s1. The second kappa shape index (κ2) is 13.6. The summed E-state index contributed by atoms with van der Waals surface area (Å²) in [6.45, 7) is 3.21. The van der Waals surface area contributed by atoms with Gasteiger partial charge in [0.05, 0.1) is 25.9 Å². The van der Waals surface area contributed by atoms with Gasteiger partial charge >= 0.3 is 6.03 Å². The van der Waals surface area contributed by atoms with Crippen LogP contribution in [0, 0.1) is 0 Å². The van der Waals surface area contributed by atoms with Crippen LogP contribution in [0.2, 0.25) is 0 Å². The third kappa shape index (κ3) is 6.52. The summed E-state index contributed by atoms with van der Waals surface area (Å²) in [6, 6.07) is 25.3. The van der Waals surface area contributed by atoms with E-state index in [4.69, 9.17) is 10.5 Å². The number of rotatable bonds is 10. The molecule has 2 aliphatic heterocycles. The average Bonchev–Trinajstić information content (AvgIpc) is 3.41. The molecule has 11 heteroatoms. The molecule has 2 atom stereocenters. The predicted octanol–water partition coefficient (Wildman–Crippen LogP) is 4.10. The van der Waals surface area contributed by atoms with E-state index in [0.717, 1.165) is 33.2 Å². The molecule has 0 saturated carbocycles. The van der Waals surface area contributed by atoms with E-state index in [1.165, 1.54) is 6.07 Å². The number of ether oxygens (including phenoxy) is 1. The Morgan fingerprint density at radius 2 is 1.77 bits per heavy atom. The number of carbonyl (C=O) groups excluding carboxylic acids is 3. The molecule has 244 valence electrons. The number of phenols is 1. The first-order valence-electron chi connectivity index (χ1n) is 15.9. The number of aromatic hydroxyl groups is 1. The van der Waals surface area contributed by atoms with E-state index in [-0.39, 0.29) is 48.8 Å². The molecule has 47 heavy (non-hydrogen) atoms. The molecule has 2 aliphatic rings. The highest BCUT2D eigenvalue weighted by Gasteiger charge is 2.52. The molecule has 4 aromatic rings. The van der Waals surface area contributed by atoms with Crippen LogP contribution in [0.4, 0.5) is 10.5 Å². The number of nitrogens with zero attached hydrogens (tertiary/aromatic N) is 4. The first kappa shape index (κ1) is 31.7. The summed E-state index contributed by atoms with van der Waals surface area (Å²) in [5.74, 6) is 0.280. The average molecular weight is 637 g/mol. The number of carbonyl (C=O) groups is 3. The summed E-state index contributed by atoms with van der Waals surface area (Å²) in [5, 5.41) is 18.5. The Labute approximate surface area is 274 Å². The summed E-state index contributed by atoms with van der Waals surface area (Å²) >= 11 is 0. The molecule has 4 aromatic carbocycles. The van der Waals surface area contributed by atoms with Crippen LogP contribution in [0.15, 0.2) is 84.9 Å². The van der Waals surface area contributed by atoms with Crippen LogP contribution in [-0.2, 0) is 29.1 Å². The van der Waals surface area contributed by atoms with E-state index in [1.807, 2.05) is 73.7 Å². The van der Waals surface area contributed by atoms with Crippen LogP contribution in [0.5, 0.6) is 11.5 Å². The fourth-order valence-corrected chi connectivity index (χ4v) is 6.55. The number of hydrogen-bond donors (Lipinski definition) is 3. The van der Waals surface area contributed by atoms with Gasteiger partial charge in [0, 0.05) is 26.1 Å². The van der Waals surface area contributed by atoms with Gasteiger partial charge in [-0.05, 0) is 58.1 Å². The fraction of sp³-hybridized carbons (Fsp3) is 0.306. The number of nitrogens with two attached hydrogens (primary N) is 1. The molecule has 2 heterocycles. The maximum absolute atomic E-state index is 14.3. The van der Waals surface area contributed by atoms with Crippen molar-refractivity contribution in [3.8, 4) is 11.5 Å². The normalized spacial score (nSPS) is 18.0. The number of nitrogen functional groups attached to an aromatic ring is 1.